The van der Waals surface area contributed by atoms with Crippen LogP contribution in [0.1, 0.15) is 62.5 Å². The number of aryl methyl sites for hydroxylation is 1. The Labute approximate surface area is 221 Å². The second kappa shape index (κ2) is 13.0. The van der Waals surface area contributed by atoms with Crippen LogP contribution in [0.3, 0.4) is 0 Å². The van der Waals surface area contributed by atoms with Crippen molar-refractivity contribution in [1.82, 2.24) is 10.2 Å². The lowest BCUT2D eigenvalue weighted by atomic mass is 9.72. The van der Waals surface area contributed by atoms with E-state index in [4.69, 9.17) is 4.74 Å². The van der Waals surface area contributed by atoms with E-state index in [1.807, 2.05) is 42.2 Å². The van der Waals surface area contributed by atoms with Gasteiger partial charge in [-0.05, 0) is 88.1 Å². The molecule has 0 saturated carbocycles. The summed E-state index contributed by atoms with van der Waals surface area (Å²) < 4.78 is 20.7. The minimum Gasteiger partial charge on any atom is -0.385 e. The maximum atomic E-state index is 15.5. The van der Waals surface area contributed by atoms with Crippen LogP contribution in [-0.4, -0.2) is 55.8 Å². The number of benzene rings is 2. The van der Waals surface area contributed by atoms with E-state index in [1.54, 1.807) is 13.2 Å². The summed E-state index contributed by atoms with van der Waals surface area (Å²) in [6.45, 7) is 5.77. The van der Waals surface area contributed by atoms with Gasteiger partial charge in [0.15, 0.2) is 0 Å². The number of aliphatic hydroxyl groups is 1. The number of halogens is 1. The Morgan fingerprint density at radius 2 is 2.03 bits per heavy atom. The zero-order valence-corrected chi connectivity index (χ0v) is 22.5. The molecule has 0 aromatic heterocycles. The Balaban J connectivity index is 1.64. The van der Waals surface area contributed by atoms with Crippen molar-refractivity contribution in [3.8, 4) is 11.1 Å². The third-order valence-corrected chi connectivity index (χ3v) is 8.25. The molecule has 202 valence electrons. The fourth-order valence-electron chi connectivity index (χ4n) is 6.25. The number of hydrogen-bond donors (Lipinski definition) is 2. The van der Waals surface area contributed by atoms with Crippen LogP contribution in [0.15, 0.2) is 42.5 Å². The lowest BCUT2D eigenvalue weighted by Gasteiger charge is -2.44. The summed E-state index contributed by atoms with van der Waals surface area (Å²) in [6, 6.07) is 12.9. The number of rotatable bonds is 10. The van der Waals surface area contributed by atoms with Crippen molar-refractivity contribution in [1.29, 1.82) is 0 Å². The molecule has 37 heavy (non-hydrogen) atoms. The van der Waals surface area contributed by atoms with Gasteiger partial charge in [0, 0.05) is 44.7 Å². The van der Waals surface area contributed by atoms with Gasteiger partial charge in [-0.2, -0.15) is 0 Å². The van der Waals surface area contributed by atoms with Crippen LogP contribution in [-0.2, 0) is 15.1 Å². The molecule has 4 rings (SSSR count). The van der Waals surface area contributed by atoms with Crippen molar-refractivity contribution >= 4 is 5.91 Å². The predicted octanol–water partition coefficient (Wildman–Crippen LogP) is 5.43. The van der Waals surface area contributed by atoms with Gasteiger partial charge in [0.2, 0.25) is 5.91 Å². The van der Waals surface area contributed by atoms with E-state index in [2.05, 4.69) is 5.32 Å². The zero-order valence-electron chi connectivity index (χ0n) is 22.5. The number of amides is 1. The first kappa shape index (κ1) is 27.7. The van der Waals surface area contributed by atoms with Crippen molar-refractivity contribution in [2.45, 2.75) is 63.9 Å². The number of nitrogens with one attached hydrogen (secondary N) is 1. The minimum atomic E-state index is -1.25. The third-order valence-electron chi connectivity index (χ3n) is 8.25. The molecule has 0 bridgehead atoms. The van der Waals surface area contributed by atoms with Gasteiger partial charge < -0.3 is 20.1 Å². The summed E-state index contributed by atoms with van der Waals surface area (Å²) in [4.78, 5) is 15.2. The maximum absolute atomic E-state index is 15.5. The molecule has 2 heterocycles. The fraction of sp³-hybridized carbons (Fsp3) is 0.581. The fourth-order valence-corrected chi connectivity index (χ4v) is 6.25. The van der Waals surface area contributed by atoms with E-state index >= 15 is 4.39 Å². The number of hydrogen-bond acceptors (Lipinski definition) is 4. The molecule has 2 N–H and O–H groups in total. The van der Waals surface area contributed by atoms with E-state index in [1.165, 1.54) is 6.07 Å². The number of carbonyl (C=O) groups is 1. The molecule has 6 heteroatoms. The number of methoxy groups -OCH3 is 1. The summed E-state index contributed by atoms with van der Waals surface area (Å²) >= 11 is 0. The van der Waals surface area contributed by atoms with Crippen LogP contribution < -0.4 is 5.32 Å². The summed E-state index contributed by atoms with van der Waals surface area (Å²) in [5, 5.41) is 15.9. The van der Waals surface area contributed by atoms with Crippen molar-refractivity contribution in [3.05, 3.63) is 59.4 Å². The lowest BCUT2D eigenvalue weighted by Crippen LogP contribution is -2.49. The number of unbranched alkanes of at least 4 members (excludes halogenated alkanes) is 1. The first-order valence-corrected chi connectivity index (χ1v) is 14.0. The average Bonchev–Trinajstić information content (AvgIpc) is 2.91. The zero-order chi connectivity index (χ0) is 26.3. The molecular weight excluding hydrogens is 467 g/mol. The monoisotopic (exact) mass is 510 g/mol. The Bertz CT molecular complexity index is 1040. The minimum absolute atomic E-state index is 0.164. The van der Waals surface area contributed by atoms with E-state index in [9.17, 15) is 9.90 Å². The number of piperidine rings is 2. The Morgan fingerprint density at radius 1 is 1.19 bits per heavy atom. The smallest absolute Gasteiger partial charge is 0.222 e. The van der Waals surface area contributed by atoms with Gasteiger partial charge in [0.05, 0.1) is 5.60 Å². The SMILES string of the molecule is COCCCC[C@@](O)(c1cccc(F)c1-c1cccc(C)c1)[C@@H]1CCCN(C(=O)C[C@H]2CCCNC2)C1. The summed E-state index contributed by atoms with van der Waals surface area (Å²) in [5.74, 6) is 0.0681. The van der Waals surface area contributed by atoms with E-state index < -0.39 is 5.60 Å². The molecule has 2 aromatic rings. The van der Waals surface area contributed by atoms with Crippen molar-refractivity contribution in [2.75, 3.05) is 39.9 Å². The first-order chi connectivity index (χ1) is 17.9. The molecule has 2 saturated heterocycles. The van der Waals surface area contributed by atoms with Crippen molar-refractivity contribution < 1.29 is 19.0 Å². The van der Waals surface area contributed by atoms with Crippen molar-refractivity contribution in [2.24, 2.45) is 11.8 Å². The van der Waals surface area contributed by atoms with Gasteiger partial charge in [-0.3, -0.25) is 4.79 Å². The summed E-state index contributed by atoms with van der Waals surface area (Å²) in [7, 11) is 1.68. The van der Waals surface area contributed by atoms with Crippen LogP contribution in [0.25, 0.3) is 11.1 Å². The molecule has 0 spiro atoms. The molecule has 2 aliphatic heterocycles. The normalized spacial score (nSPS) is 22.0. The van der Waals surface area contributed by atoms with Crippen LogP contribution in [0.5, 0.6) is 0 Å². The topological polar surface area (TPSA) is 61.8 Å². The highest BCUT2D eigenvalue weighted by molar-refractivity contribution is 5.76. The highest BCUT2D eigenvalue weighted by Gasteiger charge is 2.43. The van der Waals surface area contributed by atoms with Gasteiger partial charge in [-0.15, -0.1) is 0 Å². The van der Waals surface area contributed by atoms with Gasteiger partial charge in [-0.25, -0.2) is 4.39 Å². The standard InChI is InChI=1S/C31H43FN2O3/c1-23-9-5-11-25(19-23)30-27(13-6-14-28(30)32)31(36,15-3-4-18-37-2)26-12-8-17-34(22-26)29(35)20-24-10-7-16-33-21-24/h5-6,9,11,13-14,19,24,26,33,36H,3-4,7-8,10,12,15-18,20-22H2,1-2H3/t24-,26-,31+/m1/s1. The number of nitrogens with zero attached hydrogens (tertiary/aromatic N) is 1. The molecule has 1 amide bonds. The molecule has 2 fully saturated rings. The highest BCUT2D eigenvalue weighted by Crippen LogP contribution is 2.44. The van der Waals surface area contributed by atoms with Crippen LogP contribution in [0, 0.1) is 24.6 Å². The predicted molar refractivity (Wildman–Crippen MR) is 146 cm³/mol. The number of ether oxygens (including phenoxy) is 1. The van der Waals surface area contributed by atoms with Gasteiger partial charge in [-0.1, -0.05) is 42.0 Å². The molecule has 0 unspecified atom stereocenters. The van der Waals surface area contributed by atoms with E-state index in [-0.39, 0.29) is 17.6 Å². The molecule has 2 aromatic carbocycles. The van der Waals surface area contributed by atoms with Gasteiger partial charge in [0.1, 0.15) is 5.82 Å². The van der Waals surface area contributed by atoms with E-state index in [0.29, 0.717) is 43.0 Å². The van der Waals surface area contributed by atoms with Crippen LogP contribution >= 0.6 is 0 Å². The quantitative estimate of drug-likeness (QED) is 0.418. The van der Waals surface area contributed by atoms with Crippen LogP contribution in [0.2, 0.25) is 0 Å². The molecule has 0 radical (unpaired) electrons. The molecular formula is C31H43FN2O3. The van der Waals surface area contributed by atoms with E-state index in [0.717, 1.165) is 69.3 Å². The number of carbonyl (C=O) groups excluding carboxylic acids is 1. The van der Waals surface area contributed by atoms with Crippen LogP contribution in [0.4, 0.5) is 4.39 Å². The summed E-state index contributed by atoms with van der Waals surface area (Å²) in [5.41, 5.74) is 1.67. The maximum Gasteiger partial charge on any atom is 0.222 e. The molecule has 2 aliphatic rings. The second-order valence-electron chi connectivity index (χ2n) is 11.0. The Kier molecular flexibility index (Phi) is 9.74. The molecule has 5 nitrogen and oxygen atoms in total. The largest absolute Gasteiger partial charge is 0.385 e. The molecule has 3 atom stereocenters. The van der Waals surface area contributed by atoms with Gasteiger partial charge >= 0.3 is 0 Å². The molecule has 0 aliphatic carbocycles. The highest BCUT2D eigenvalue weighted by atomic mass is 19.1. The average molecular weight is 511 g/mol. The second-order valence-corrected chi connectivity index (χ2v) is 11.0. The first-order valence-electron chi connectivity index (χ1n) is 14.0. The summed E-state index contributed by atoms with van der Waals surface area (Å²) in [6.07, 6.45) is 6.47. The Hall–Kier alpha value is -2.28. The Morgan fingerprint density at radius 3 is 2.78 bits per heavy atom. The third kappa shape index (κ3) is 6.78. The lowest BCUT2D eigenvalue weighted by molar-refractivity contribution is -0.137. The van der Waals surface area contributed by atoms with Crippen molar-refractivity contribution in [3.63, 3.8) is 0 Å². The number of likely N-dealkylation sites (tertiary alicyclic amines) is 1. The van der Waals surface area contributed by atoms with Gasteiger partial charge in [0.25, 0.3) is 0 Å².